The summed E-state index contributed by atoms with van der Waals surface area (Å²) in [7, 11) is 4.58. The van der Waals surface area contributed by atoms with Crippen molar-refractivity contribution in [1.82, 2.24) is 5.32 Å². The minimum Gasteiger partial charge on any atom is -0.497 e. The molecule has 0 aromatic heterocycles. The molecule has 2 unspecified atom stereocenters. The molecule has 0 spiro atoms. The van der Waals surface area contributed by atoms with Crippen LogP contribution in [0.4, 0.5) is 4.79 Å². The van der Waals surface area contributed by atoms with Crippen LogP contribution < -0.4 is 14.8 Å². The van der Waals surface area contributed by atoms with Crippen LogP contribution in [0.15, 0.2) is 78.9 Å². The van der Waals surface area contributed by atoms with E-state index in [-0.39, 0.29) is 11.9 Å². The first-order valence-electron chi connectivity index (χ1n) is 11.9. The van der Waals surface area contributed by atoms with E-state index in [2.05, 4.69) is 5.32 Å². The second kappa shape index (κ2) is 14.8. The van der Waals surface area contributed by atoms with Crippen molar-refractivity contribution >= 4 is 23.8 Å². The third-order valence-electron chi connectivity index (χ3n) is 5.81. The van der Waals surface area contributed by atoms with Gasteiger partial charge >= 0.3 is 12.1 Å². The molecule has 0 heterocycles. The van der Waals surface area contributed by atoms with Gasteiger partial charge in [-0.15, -0.1) is 0 Å². The molecule has 8 heteroatoms. The van der Waals surface area contributed by atoms with Crippen molar-refractivity contribution in [3.63, 3.8) is 0 Å². The van der Waals surface area contributed by atoms with E-state index in [0.717, 1.165) is 28.2 Å². The molecule has 196 valence electrons. The Labute approximate surface area is 222 Å². The highest BCUT2D eigenvalue weighted by Crippen LogP contribution is 2.27. The third-order valence-corrected chi connectivity index (χ3v) is 7.25. The maximum Gasteiger partial charge on any atom is 0.408 e. The average Bonchev–Trinajstić information content (AvgIpc) is 2.95. The summed E-state index contributed by atoms with van der Waals surface area (Å²) < 4.78 is 20.9. The van der Waals surface area contributed by atoms with Gasteiger partial charge in [-0.1, -0.05) is 54.6 Å². The number of benzene rings is 3. The molecule has 0 aliphatic carbocycles. The Balaban J connectivity index is 1.72. The van der Waals surface area contributed by atoms with E-state index in [4.69, 9.17) is 18.9 Å². The Morgan fingerprint density at radius 2 is 1.38 bits per heavy atom. The third kappa shape index (κ3) is 9.06. The van der Waals surface area contributed by atoms with E-state index in [1.807, 2.05) is 78.9 Å². The maximum absolute atomic E-state index is 12.8. The summed E-state index contributed by atoms with van der Waals surface area (Å²) in [6.45, 7) is 0.107. The molecule has 0 aliphatic rings. The standard InChI is InChI=1S/C29H33NO6S/c1-33-24-14-9-21(10-15-24)13-18-26(37-20-23-11-16-25(34-2)17-12-23)27(28(31)35-3)30-29(32)36-19-22-7-5-4-6-8-22/h4-12,14-17,26-27H,13,18-20H2,1-3H3,(H,30,32). The highest BCUT2D eigenvalue weighted by Gasteiger charge is 2.31. The fourth-order valence-electron chi connectivity index (χ4n) is 3.69. The zero-order valence-corrected chi connectivity index (χ0v) is 22.2. The molecule has 0 aliphatic heterocycles. The van der Waals surface area contributed by atoms with Gasteiger partial charge in [0.15, 0.2) is 0 Å². The van der Waals surface area contributed by atoms with Crippen LogP contribution in [-0.4, -0.2) is 44.7 Å². The van der Waals surface area contributed by atoms with Crippen LogP contribution in [0.5, 0.6) is 11.5 Å². The van der Waals surface area contributed by atoms with Gasteiger partial charge in [0, 0.05) is 11.0 Å². The van der Waals surface area contributed by atoms with E-state index in [1.165, 1.54) is 7.11 Å². The number of aryl methyl sites for hydroxylation is 1. The summed E-state index contributed by atoms with van der Waals surface area (Å²) in [5, 5.41) is 2.49. The molecule has 0 radical (unpaired) electrons. The molecule has 2 atom stereocenters. The number of methoxy groups -OCH3 is 3. The molecule has 37 heavy (non-hydrogen) atoms. The van der Waals surface area contributed by atoms with Crippen LogP contribution >= 0.6 is 11.8 Å². The molecule has 0 bridgehead atoms. The fraction of sp³-hybridized carbons (Fsp3) is 0.310. The smallest absolute Gasteiger partial charge is 0.408 e. The number of rotatable bonds is 13. The van der Waals surface area contributed by atoms with Gasteiger partial charge in [0.05, 0.1) is 21.3 Å². The van der Waals surface area contributed by atoms with E-state index in [9.17, 15) is 9.59 Å². The van der Waals surface area contributed by atoms with Crippen LogP contribution in [0.3, 0.4) is 0 Å². The lowest BCUT2D eigenvalue weighted by atomic mass is 10.0. The number of carbonyl (C=O) groups excluding carboxylic acids is 2. The zero-order valence-electron chi connectivity index (χ0n) is 21.3. The minimum absolute atomic E-state index is 0.107. The lowest BCUT2D eigenvalue weighted by molar-refractivity contribution is -0.143. The first-order valence-corrected chi connectivity index (χ1v) is 13.0. The van der Waals surface area contributed by atoms with Gasteiger partial charge < -0.3 is 24.3 Å². The summed E-state index contributed by atoms with van der Waals surface area (Å²) in [6.07, 6.45) is 0.670. The van der Waals surface area contributed by atoms with E-state index < -0.39 is 18.1 Å². The summed E-state index contributed by atoms with van der Waals surface area (Å²) in [5.74, 6) is 1.69. The SMILES string of the molecule is COC(=O)C(NC(=O)OCc1ccccc1)C(CCc1ccc(OC)cc1)SCc1ccc(OC)cc1. The molecule has 3 rings (SSSR count). The van der Waals surface area contributed by atoms with Crippen molar-refractivity contribution in [2.24, 2.45) is 0 Å². The summed E-state index contributed by atoms with van der Waals surface area (Å²) in [4.78, 5) is 25.5. The second-order valence-electron chi connectivity index (χ2n) is 8.29. The number of alkyl carbamates (subject to hydrolysis) is 1. The molecule has 7 nitrogen and oxygen atoms in total. The van der Waals surface area contributed by atoms with Crippen molar-refractivity contribution in [3.05, 3.63) is 95.6 Å². The monoisotopic (exact) mass is 523 g/mol. The van der Waals surface area contributed by atoms with Crippen molar-refractivity contribution < 1.29 is 28.5 Å². The van der Waals surface area contributed by atoms with Crippen LogP contribution in [0.2, 0.25) is 0 Å². The van der Waals surface area contributed by atoms with E-state index in [0.29, 0.717) is 18.6 Å². The lowest BCUT2D eigenvalue weighted by Gasteiger charge is -2.26. The number of nitrogens with one attached hydrogen (secondary N) is 1. The van der Waals surface area contributed by atoms with Gasteiger partial charge in [0.25, 0.3) is 0 Å². The van der Waals surface area contributed by atoms with E-state index in [1.54, 1.807) is 26.0 Å². The predicted octanol–water partition coefficient (Wildman–Crippen LogP) is 5.41. The molecule has 3 aromatic carbocycles. The number of carbonyl (C=O) groups is 2. The summed E-state index contributed by atoms with van der Waals surface area (Å²) in [5.41, 5.74) is 3.04. The van der Waals surface area contributed by atoms with Crippen LogP contribution in [0.1, 0.15) is 23.1 Å². The molecule has 1 amide bonds. The number of ether oxygens (including phenoxy) is 4. The van der Waals surface area contributed by atoms with Crippen LogP contribution in [0, 0.1) is 0 Å². The minimum atomic E-state index is -0.880. The lowest BCUT2D eigenvalue weighted by Crippen LogP contribution is -2.48. The molecular weight excluding hydrogens is 490 g/mol. The average molecular weight is 524 g/mol. The first-order chi connectivity index (χ1) is 18.0. The van der Waals surface area contributed by atoms with Gasteiger partial charge in [-0.2, -0.15) is 11.8 Å². The van der Waals surface area contributed by atoms with Crippen LogP contribution in [0.25, 0.3) is 0 Å². The fourth-order valence-corrected chi connectivity index (χ4v) is 4.95. The summed E-state index contributed by atoms with van der Waals surface area (Å²) >= 11 is 1.59. The Hall–Kier alpha value is -3.65. The Morgan fingerprint density at radius 3 is 1.95 bits per heavy atom. The van der Waals surface area contributed by atoms with Gasteiger partial charge in [-0.25, -0.2) is 9.59 Å². The second-order valence-corrected chi connectivity index (χ2v) is 9.52. The quantitative estimate of drug-likeness (QED) is 0.300. The molecule has 0 saturated heterocycles. The van der Waals surface area contributed by atoms with Crippen LogP contribution in [-0.2, 0) is 33.0 Å². The van der Waals surface area contributed by atoms with Crippen molar-refractivity contribution in [2.75, 3.05) is 21.3 Å². The first kappa shape index (κ1) is 27.9. The Bertz CT molecular complexity index is 1050. The predicted molar refractivity (Wildman–Crippen MR) is 145 cm³/mol. The number of hydrogen-bond acceptors (Lipinski definition) is 7. The van der Waals surface area contributed by atoms with Gasteiger partial charge in [0.2, 0.25) is 0 Å². The molecule has 0 saturated carbocycles. The molecule has 0 fully saturated rings. The zero-order chi connectivity index (χ0) is 26.5. The Morgan fingerprint density at radius 1 is 0.784 bits per heavy atom. The normalized spacial score (nSPS) is 12.2. The van der Waals surface area contributed by atoms with E-state index >= 15 is 0 Å². The highest BCUT2D eigenvalue weighted by molar-refractivity contribution is 7.99. The number of hydrogen-bond donors (Lipinski definition) is 1. The van der Waals surface area contributed by atoms with Crippen molar-refractivity contribution in [2.45, 2.75) is 36.5 Å². The molecule has 3 aromatic rings. The maximum atomic E-state index is 12.8. The number of esters is 1. The van der Waals surface area contributed by atoms with Gasteiger partial charge in [-0.3, -0.25) is 0 Å². The Kier molecular flexibility index (Phi) is 11.2. The number of amides is 1. The topological polar surface area (TPSA) is 83.1 Å². The van der Waals surface area contributed by atoms with Crippen molar-refractivity contribution in [1.29, 1.82) is 0 Å². The largest absolute Gasteiger partial charge is 0.497 e. The summed E-state index contributed by atoms with van der Waals surface area (Å²) in [6, 6.07) is 24.1. The van der Waals surface area contributed by atoms with Crippen molar-refractivity contribution in [3.8, 4) is 11.5 Å². The highest BCUT2D eigenvalue weighted by atomic mass is 32.2. The molecular formula is C29H33NO6S. The number of thioether (sulfide) groups is 1. The molecule has 1 N–H and O–H groups in total. The van der Waals surface area contributed by atoms with Gasteiger partial charge in [0.1, 0.15) is 24.1 Å². The van der Waals surface area contributed by atoms with Gasteiger partial charge in [-0.05, 0) is 53.8 Å².